The van der Waals surface area contributed by atoms with Crippen LogP contribution >= 0.6 is 0 Å². The molecule has 1 aromatic rings. The van der Waals surface area contributed by atoms with Gasteiger partial charge in [0.25, 0.3) is 0 Å². The molecule has 4 nitrogen and oxygen atoms in total. The monoisotopic (exact) mass is 293 g/mol. The van der Waals surface area contributed by atoms with Gasteiger partial charge >= 0.3 is 0 Å². The summed E-state index contributed by atoms with van der Waals surface area (Å²) >= 11 is 0. The maximum atomic E-state index is 13.0. The van der Waals surface area contributed by atoms with E-state index in [-0.39, 0.29) is 17.8 Å². The minimum Gasteiger partial charge on any atom is -0.353 e. The van der Waals surface area contributed by atoms with Crippen molar-refractivity contribution < 1.29 is 9.18 Å². The molecule has 1 aromatic carbocycles. The quantitative estimate of drug-likeness (QED) is 0.866. The van der Waals surface area contributed by atoms with Gasteiger partial charge < -0.3 is 10.2 Å². The summed E-state index contributed by atoms with van der Waals surface area (Å²) in [4.78, 5) is 16.6. The standard InChI is InChI=1S/C16H24FN3O/c1-19(2)15(13-5-7-14(17)8-6-13)16(21)18-9-12-20-10-3-4-11-20/h5-8,15H,3-4,9-12H2,1-2H3,(H,18,21)/t15-/m1/s1. The largest absolute Gasteiger partial charge is 0.353 e. The molecule has 0 spiro atoms. The first-order valence-corrected chi connectivity index (χ1v) is 7.50. The molecule has 1 fully saturated rings. The van der Waals surface area contributed by atoms with Crippen LogP contribution < -0.4 is 5.32 Å². The Bertz CT molecular complexity index is 455. The third-order valence-corrected chi connectivity index (χ3v) is 3.88. The number of nitrogens with zero attached hydrogens (tertiary/aromatic N) is 2. The molecule has 0 aliphatic carbocycles. The Labute approximate surface area is 125 Å². The van der Waals surface area contributed by atoms with Gasteiger partial charge in [-0.2, -0.15) is 0 Å². The summed E-state index contributed by atoms with van der Waals surface area (Å²) in [6.07, 6.45) is 2.51. The zero-order chi connectivity index (χ0) is 15.2. The predicted molar refractivity (Wildman–Crippen MR) is 81.5 cm³/mol. The first-order chi connectivity index (χ1) is 10.1. The van der Waals surface area contributed by atoms with Gasteiger partial charge in [0.2, 0.25) is 5.91 Å². The minimum atomic E-state index is -0.385. The Balaban J connectivity index is 1.90. The van der Waals surface area contributed by atoms with Gasteiger partial charge in [0.15, 0.2) is 0 Å². The Morgan fingerprint density at radius 1 is 1.29 bits per heavy atom. The Hall–Kier alpha value is -1.46. The van der Waals surface area contributed by atoms with E-state index in [9.17, 15) is 9.18 Å². The average Bonchev–Trinajstić information content (AvgIpc) is 2.94. The zero-order valence-corrected chi connectivity index (χ0v) is 12.8. The third-order valence-electron chi connectivity index (χ3n) is 3.88. The first-order valence-electron chi connectivity index (χ1n) is 7.50. The Morgan fingerprint density at radius 2 is 1.90 bits per heavy atom. The fourth-order valence-electron chi connectivity index (χ4n) is 2.77. The van der Waals surface area contributed by atoms with E-state index in [4.69, 9.17) is 0 Å². The number of likely N-dealkylation sites (N-methyl/N-ethyl adjacent to an activating group) is 1. The second-order valence-corrected chi connectivity index (χ2v) is 5.76. The topological polar surface area (TPSA) is 35.6 Å². The van der Waals surface area contributed by atoms with Crippen LogP contribution in [0.25, 0.3) is 0 Å². The fraction of sp³-hybridized carbons (Fsp3) is 0.562. The molecule has 1 saturated heterocycles. The van der Waals surface area contributed by atoms with Crippen molar-refractivity contribution in [3.63, 3.8) is 0 Å². The van der Waals surface area contributed by atoms with Crippen LogP contribution in [0.1, 0.15) is 24.4 Å². The highest BCUT2D eigenvalue weighted by molar-refractivity contribution is 5.83. The van der Waals surface area contributed by atoms with Gasteiger partial charge in [0.05, 0.1) is 0 Å². The summed E-state index contributed by atoms with van der Waals surface area (Å²) < 4.78 is 13.0. The smallest absolute Gasteiger partial charge is 0.241 e. The van der Waals surface area contributed by atoms with E-state index < -0.39 is 0 Å². The molecule has 1 heterocycles. The van der Waals surface area contributed by atoms with Gasteiger partial charge in [-0.15, -0.1) is 0 Å². The lowest BCUT2D eigenvalue weighted by atomic mass is 10.1. The molecule has 0 unspecified atom stereocenters. The van der Waals surface area contributed by atoms with Crippen molar-refractivity contribution in [1.29, 1.82) is 0 Å². The van der Waals surface area contributed by atoms with Crippen LogP contribution in [0, 0.1) is 5.82 Å². The average molecular weight is 293 g/mol. The molecule has 0 radical (unpaired) electrons. The van der Waals surface area contributed by atoms with Crippen LogP contribution in [-0.2, 0) is 4.79 Å². The molecule has 2 rings (SSSR count). The molecule has 21 heavy (non-hydrogen) atoms. The molecule has 116 valence electrons. The van der Waals surface area contributed by atoms with Gasteiger partial charge in [-0.25, -0.2) is 4.39 Å². The molecule has 1 aliphatic rings. The highest BCUT2D eigenvalue weighted by atomic mass is 19.1. The van der Waals surface area contributed by atoms with E-state index in [0.29, 0.717) is 6.54 Å². The molecule has 1 amide bonds. The number of hydrogen-bond donors (Lipinski definition) is 1. The normalized spacial score (nSPS) is 17.1. The maximum absolute atomic E-state index is 13.0. The van der Waals surface area contributed by atoms with Crippen LogP contribution in [-0.4, -0.2) is 56.0 Å². The van der Waals surface area contributed by atoms with E-state index in [1.165, 1.54) is 25.0 Å². The summed E-state index contributed by atoms with van der Waals surface area (Å²) in [5.41, 5.74) is 0.806. The van der Waals surface area contributed by atoms with E-state index in [0.717, 1.165) is 25.2 Å². The molecule has 1 aliphatic heterocycles. The first kappa shape index (κ1) is 15.9. The molecule has 1 atom stereocenters. The molecule has 5 heteroatoms. The number of nitrogens with one attached hydrogen (secondary N) is 1. The van der Waals surface area contributed by atoms with Crippen molar-refractivity contribution in [3.05, 3.63) is 35.6 Å². The van der Waals surface area contributed by atoms with Crippen molar-refractivity contribution in [2.75, 3.05) is 40.3 Å². The number of benzene rings is 1. The number of likely N-dealkylation sites (tertiary alicyclic amines) is 1. The van der Waals surface area contributed by atoms with Crippen LogP contribution in [0.4, 0.5) is 4.39 Å². The van der Waals surface area contributed by atoms with Gasteiger partial charge in [0, 0.05) is 13.1 Å². The Morgan fingerprint density at radius 3 is 2.48 bits per heavy atom. The van der Waals surface area contributed by atoms with Gasteiger partial charge in [-0.3, -0.25) is 9.69 Å². The predicted octanol–water partition coefficient (Wildman–Crippen LogP) is 1.64. The lowest BCUT2D eigenvalue weighted by Crippen LogP contribution is -2.40. The van der Waals surface area contributed by atoms with Crippen molar-refractivity contribution in [2.24, 2.45) is 0 Å². The van der Waals surface area contributed by atoms with Gasteiger partial charge in [-0.1, -0.05) is 12.1 Å². The summed E-state index contributed by atoms with van der Waals surface area (Å²) in [5.74, 6) is -0.323. The van der Waals surface area contributed by atoms with Crippen LogP contribution in [0.5, 0.6) is 0 Å². The van der Waals surface area contributed by atoms with Crippen LogP contribution in [0.3, 0.4) is 0 Å². The molecule has 0 bridgehead atoms. The minimum absolute atomic E-state index is 0.0363. The molecular formula is C16H24FN3O. The van der Waals surface area contributed by atoms with E-state index in [2.05, 4.69) is 10.2 Å². The highest BCUT2D eigenvalue weighted by Crippen LogP contribution is 2.18. The number of carbonyl (C=O) groups is 1. The van der Waals surface area contributed by atoms with Crippen molar-refractivity contribution in [1.82, 2.24) is 15.1 Å². The van der Waals surface area contributed by atoms with Crippen molar-refractivity contribution >= 4 is 5.91 Å². The second-order valence-electron chi connectivity index (χ2n) is 5.76. The number of halogens is 1. The number of rotatable bonds is 6. The van der Waals surface area contributed by atoms with E-state index in [1.807, 2.05) is 19.0 Å². The van der Waals surface area contributed by atoms with Crippen LogP contribution in [0.15, 0.2) is 24.3 Å². The summed E-state index contributed by atoms with van der Waals surface area (Å²) in [5, 5.41) is 2.99. The van der Waals surface area contributed by atoms with Crippen molar-refractivity contribution in [3.8, 4) is 0 Å². The lowest BCUT2D eigenvalue weighted by molar-refractivity contribution is -0.125. The summed E-state index contributed by atoms with van der Waals surface area (Å²) in [6.45, 7) is 3.82. The SMILES string of the molecule is CN(C)[C@@H](C(=O)NCCN1CCCC1)c1ccc(F)cc1. The summed E-state index contributed by atoms with van der Waals surface area (Å²) in [7, 11) is 3.71. The van der Waals surface area contributed by atoms with Crippen molar-refractivity contribution in [2.45, 2.75) is 18.9 Å². The maximum Gasteiger partial charge on any atom is 0.241 e. The second kappa shape index (κ2) is 7.52. The number of carbonyl (C=O) groups excluding carboxylic acids is 1. The molecule has 0 saturated carbocycles. The molecular weight excluding hydrogens is 269 g/mol. The van der Waals surface area contributed by atoms with Gasteiger partial charge in [-0.05, 0) is 57.7 Å². The molecule has 0 aromatic heterocycles. The fourth-order valence-corrected chi connectivity index (χ4v) is 2.77. The third kappa shape index (κ3) is 4.51. The highest BCUT2D eigenvalue weighted by Gasteiger charge is 2.22. The van der Waals surface area contributed by atoms with Gasteiger partial charge in [0.1, 0.15) is 11.9 Å². The lowest BCUT2D eigenvalue weighted by Gasteiger charge is -2.24. The molecule has 1 N–H and O–H groups in total. The number of hydrogen-bond acceptors (Lipinski definition) is 3. The summed E-state index contributed by atoms with van der Waals surface area (Å²) in [6, 6.07) is 5.73. The number of amides is 1. The Kier molecular flexibility index (Phi) is 5.70. The zero-order valence-electron chi connectivity index (χ0n) is 12.8. The van der Waals surface area contributed by atoms with E-state index in [1.54, 1.807) is 12.1 Å². The van der Waals surface area contributed by atoms with Crippen LogP contribution in [0.2, 0.25) is 0 Å². The van der Waals surface area contributed by atoms with E-state index >= 15 is 0 Å².